The van der Waals surface area contributed by atoms with Crippen molar-refractivity contribution in [3.05, 3.63) is 11.6 Å². The molecule has 1 aliphatic carbocycles. The van der Waals surface area contributed by atoms with Crippen LogP contribution in [0.5, 0.6) is 0 Å². The van der Waals surface area contributed by atoms with E-state index in [0.29, 0.717) is 12.6 Å². The van der Waals surface area contributed by atoms with E-state index in [1.54, 1.807) is 0 Å². The second kappa shape index (κ2) is 8.04. The Morgan fingerprint density at radius 1 is 1.26 bits per heavy atom. The number of aryl methyl sites for hydroxylation is 1. The summed E-state index contributed by atoms with van der Waals surface area (Å²) in [7, 11) is 1.99. The topological polar surface area (TPSA) is 67.1 Å². The van der Waals surface area contributed by atoms with Crippen molar-refractivity contribution >= 4 is 17.7 Å². The number of hydrogen-bond acceptors (Lipinski definition) is 4. The monoisotopic (exact) mass is 336 g/mol. The average molecular weight is 337 g/mol. The SMILES string of the molecule is Cc1nnc(CN=C(NCC2CCCS2)NC2CCCC2)n1C. The summed E-state index contributed by atoms with van der Waals surface area (Å²) < 4.78 is 2.00. The van der Waals surface area contributed by atoms with Crippen molar-refractivity contribution in [1.82, 2.24) is 25.4 Å². The fraction of sp³-hybridized carbons (Fsp3) is 0.812. The molecule has 3 rings (SSSR count). The molecular formula is C16H28N6S. The number of thioether (sulfide) groups is 1. The van der Waals surface area contributed by atoms with Crippen LogP contribution >= 0.6 is 11.8 Å². The van der Waals surface area contributed by atoms with Crippen LogP contribution in [0.3, 0.4) is 0 Å². The highest BCUT2D eigenvalue weighted by atomic mass is 32.2. The first kappa shape index (κ1) is 16.6. The first-order valence-electron chi connectivity index (χ1n) is 8.73. The van der Waals surface area contributed by atoms with E-state index in [-0.39, 0.29) is 0 Å². The van der Waals surface area contributed by atoms with Crippen LogP contribution in [0.4, 0.5) is 0 Å². The molecular weight excluding hydrogens is 308 g/mol. The highest BCUT2D eigenvalue weighted by molar-refractivity contribution is 8.00. The average Bonchev–Trinajstić information content (AvgIpc) is 3.28. The molecule has 1 unspecified atom stereocenters. The molecule has 6 nitrogen and oxygen atoms in total. The molecule has 2 fully saturated rings. The van der Waals surface area contributed by atoms with E-state index in [1.807, 2.05) is 18.5 Å². The zero-order chi connectivity index (χ0) is 16.1. The van der Waals surface area contributed by atoms with Crippen molar-refractivity contribution in [1.29, 1.82) is 0 Å². The van der Waals surface area contributed by atoms with E-state index in [1.165, 1.54) is 44.3 Å². The summed E-state index contributed by atoms with van der Waals surface area (Å²) in [6.45, 7) is 3.53. The number of hydrogen-bond donors (Lipinski definition) is 2. The normalized spacial score (nSPS) is 22.7. The van der Waals surface area contributed by atoms with E-state index >= 15 is 0 Å². The van der Waals surface area contributed by atoms with Gasteiger partial charge in [0.05, 0.1) is 0 Å². The van der Waals surface area contributed by atoms with Gasteiger partial charge < -0.3 is 15.2 Å². The fourth-order valence-electron chi connectivity index (χ4n) is 3.17. The van der Waals surface area contributed by atoms with Gasteiger partial charge in [0, 0.05) is 24.9 Å². The Labute approximate surface area is 142 Å². The van der Waals surface area contributed by atoms with Crippen LogP contribution in [0.15, 0.2) is 4.99 Å². The maximum atomic E-state index is 4.75. The standard InChI is InChI=1S/C16H28N6S/c1-12-20-21-15(22(12)2)11-18-16(19-13-6-3-4-7-13)17-10-14-8-5-9-23-14/h13-14H,3-11H2,1-2H3,(H2,17,18,19). The molecule has 7 heteroatoms. The molecule has 1 aliphatic heterocycles. The van der Waals surface area contributed by atoms with Crippen molar-refractivity contribution in [2.45, 2.75) is 63.3 Å². The molecule has 1 saturated heterocycles. The van der Waals surface area contributed by atoms with Gasteiger partial charge in [-0.25, -0.2) is 4.99 Å². The molecule has 0 amide bonds. The molecule has 0 aromatic carbocycles. The van der Waals surface area contributed by atoms with Crippen molar-refractivity contribution in [3.8, 4) is 0 Å². The van der Waals surface area contributed by atoms with Gasteiger partial charge in [-0.15, -0.1) is 10.2 Å². The second-order valence-corrected chi connectivity index (χ2v) is 7.94. The number of guanidine groups is 1. The van der Waals surface area contributed by atoms with E-state index < -0.39 is 0 Å². The van der Waals surface area contributed by atoms with E-state index in [2.05, 4.69) is 32.6 Å². The number of nitrogens with one attached hydrogen (secondary N) is 2. The van der Waals surface area contributed by atoms with Crippen LogP contribution in [0, 0.1) is 6.92 Å². The molecule has 2 heterocycles. The van der Waals surface area contributed by atoms with Gasteiger partial charge in [0.1, 0.15) is 12.4 Å². The third-order valence-corrected chi connectivity index (χ3v) is 6.18. The zero-order valence-corrected chi connectivity index (χ0v) is 15.0. The van der Waals surface area contributed by atoms with Gasteiger partial charge in [0.2, 0.25) is 0 Å². The van der Waals surface area contributed by atoms with Crippen molar-refractivity contribution in [2.75, 3.05) is 12.3 Å². The molecule has 0 radical (unpaired) electrons. The predicted molar refractivity (Wildman–Crippen MR) is 95.8 cm³/mol. The summed E-state index contributed by atoms with van der Waals surface area (Å²) in [6, 6.07) is 0.568. The Morgan fingerprint density at radius 3 is 2.74 bits per heavy atom. The van der Waals surface area contributed by atoms with Crippen LogP contribution in [-0.4, -0.2) is 44.3 Å². The van der Waals surface area contributed by atoms with Crippen molar-refractivity contribution in [3.63, 3.8) is 0 Å². The third kappa shape index (κ3) is 4.62. The minimum Gasteiger partial charge on any atom is -0.355 e. The first-order chi connectivity index (χ1) is 11.2. The van der Waals surface area contributed by atoms with Gasteiger partial charge in [0.25, 0.3) is 0 Å². The van der Waals surface area contributed by atoms with Gasteiger partial charge in [-0.3, -0.25) is 0 Å². The Bertz CT molecular complexity index is 529. The molecule has 0 spiro atoms. The third-order valence-electron chi connectivity index (χ3n) is 4.78. The Kier molecular flexibility index (Phi) is 5.80. The molecule has 128 valence electrons. The van der Waals surface area contributed by atoms with Gasteiger partial charge >= 0.3 is 0 Å². The Hall–Kier alpha value is -1.24. The Balaban J connectivity index is 1.60. The van der Waals surface area contributed by atoms with Gasteiger partial charge in [-0.2, -0.15) is 11.8 Å². The molecule has 1 aromatic rings. The number of nitrogens with zero attached hydrogens (tertiary/aromatic N) is 4. The predicted octanol–water partition coefficient (Wildman–Crippen LogP) is 2.00. The molecule has 0 bridgehead atoms. The lowest BCUT2D eigenvalue weighted by molar-refractivity contribution is 0.607. The summed E-state index contributed by atoms with van der Waals surface area (Å²) in [5.41, 5.74) is 0. The molecule has 1 atom stereocenters. The minimum atomic E-state index is 0.567. The van der Waals surface area contributed by atoms with Gasteiger partial charge in [-0.05, 0) is 38.4 Å². The van der Waals surface area contributed by atoms with Crippen LogP contribution < -0.4 is 10.6 Å². The maximum absolute atomic E-state index is 4.75. The van der Waals surface area contributed by atoms with Crippen LogP contribution in [0.25, 0.3) is 0 Å². The highest BCUT2D eigenvalue weighted by Crippen LogP contribution is 2.25. The van der Waals surface area contributed by atoms with E-state index in [4.69, 9.17) is 4.99 Å². The fourth-order valence-corrected chi connectivity index (χ4v) is 4.37. The van der Waals surface area contributed by atoms with E-state index in [9.17, 15) is 0 Å². The summed E-state index contributed by atoms with van der Waals surface area (Å²) in [6.07, 6.45) is 7.82. The quantitative estimate of drug-likeness (QED) is 0.636. The molecule has 1 aromatic heterocycles. The summed E-state index contributed by atoms with van der Waals surface area (Å²) in [5.74, 6) is 4.07. The Morgan fingerprint density at radius 2 is 2.09 bits per heavy atom. The van der Waals surface area contributed by atoms with Gasteiger partial charge in [0.15, 0.2) is 11.8 Å². The first-order valence-corrected chi connectivity index (χ1v) is 9.78. The largest absolute Gasteiger partial charge is 0.355 e. The van der Waals surface area contributed by atoms with Crippen LogP contribution in [-0.2, 0) is 13.6 Å². The summed E-state index contributed by atoms with van der Waals surface area (Å²) >= 11 is 2.08. The number of aliphatic imine (C=N–C) groups is 1. The minimum absolute atomic E-state index is 0.567. The van der Waals surface area contributed by atoms with E-state index in [0.717, 1.165) is 29.4 Å². The van der Waals surface area contributed by atoms with Gasteiger partial charge in [-0.1, -0.05) is 12.8 Å². The van der Waals surface area contributed by atoms with Crippen LogP contribution in [0.2, 0.25) is 0 Å². The zero-order valence-electron chi connectivity index (χ0n) is 14.2. The molecule has 2 N–H and O–H groups in total. The second-order valence-electron chi connectivity index (χ2n) is 6.53. The number of rotatable bonds is 5. The summed E-state index contributed by atoms with van der Waals surface area (Å²) in [4.78, 5) is 4.75. The highest BCUT2D eigenvalue weighted by Gasteiger charge is 2.19. The van der Waals surface area contributed by atoms with Crippen molar-refractivity contribution < 1.29 is 0 Å². The lowest BCUT2D eigenvalue weighted by Gasteiger charge is -2.19. The van der Waals surface area contributed by atoms with Crippen LogP contribution in [0.1, 0.15) is 50.2 Å². The smallest absolute Gasteiger partial charge is 0.191 e. The van der Waals surface area contributed by atoms with Crippen molar-refractivity contribution in [2.24, 2.45) is 12.0 Å². The molecule has 23 heavy (non-hydrogen) atoms. The molecule has 1 saturated carbocycles. The summed E-state index contributed by atoms with van der Waals surface area (Å²) in [5, 5.41) is 16.2. The maximum Gasteiger partial charge on any atom is 0.191 e. The lowest BCUT2D eigenvalue weighted by atomic mass is 10.2. The lowest BCUT2D eigenvalue weighted by Crippen LogP contribution is -2.44. The molecule has 2 aliphatic rings. The number of aromatic nitrogens is 3.